The second-order valence-electron chi connectivity index (χ2n) is 9.71. The Morgan fingerprint density at radius 1 is 1.03 bits per heavy atom. The number of hydrogen-bond acceptors (Lipinski definition) is 4. The molecule has 1 unspecified atom stereocenters. The number of carbonyl (C=O) groups is 2. The van der Waals surface area contributed by atoms with Gasteiger partial charge in [-0.3, -0.25) is 13.9 Å². The third-order valence-corrected chi connectivity index (χ3v) is 8.87. The van der Waals surface area contributed by atoms with E-state index in [1.807, 2.05) is 0 Å². The molecule has 0 bridgehead atoms. The fraction of sp³-hybridized carbons (Fsp3) is 0.481. The molecule has 11 heteroatoms. The van der Waals surface area contributed by atoms with Crippen molar-refractivity contribution in [2.24, 2.45) is 0 Å². The summed E-state index contributed by atoms with van der Waals surface area (Å²) in [5, 5.41) is 4.28. The molecule has 208 valence electrons. The Bertz CT molecular complexity index is 1240. The van der Waals surface area contributed by atoms with Gasteiger partial charge in [0.2, 0.25) is 21.8 Å². The summed E-state index contributed by atoms with van der Waals surface area (Å²) < 4.78 is 26.1. The Morgan fingerprint density at radius 2 is 1.74 bits per heavy atom. The van der Waals surface area contributed by atoms with Gasteiger partial charge in [-0.15, -0.1) is 0 Å². The van der Waals surface area contributed by atoms with Crippen LogP contribution in [0.3, 0.4) is 0 Å². The minimum Gasteiger partial charge on any atom is -0.352 e. The van der Waals surface area contributed by atoms with E-state index >= 15 is 0 Å². The second-order valence-corrected chi connectivity index (χ2v) is 12.9. The van der Waals surface area contributed by atoms with Crippen molar-refractivity contribution in [3.63, 3.8) is 0 Å². The van der Waals surface area contributed by atoms with Crippen LogP contribution in [0.4, 0.5) is 5.69 Å². The van der Waals surface area contributed by atoms with Gasteiger partial charge in [0.1, 0.15) is 6.04 Å². The van der Waals surface area contributed by atoms with E-state index in [-0.39, 0.29) is 43.8 Å². The first-order valence-corrected chi connectivity index (χ1v) is 15.7. The van der Waals surface area contributed by atoms with Crippen molar-refractivity contribution >= 4 is 62.3 Å². The molecule has 1 fully saturated rings. The molecular weight excluding hydrogens is 569 g/mol. The van der Waals surface area contributed by atoms with Crippen LogP contribution in [0, 0.1) is 0 Å². The molecule has 0 aliphatic heterocycles. The molecule has 0 radical (unpaired) electrons. The molecule has 1 aliphatic carbocycles. The lowest BCUT2D eigenvalue weighted by Crippen LogP contribution is -2.50. The SMILES string of the molecule is CC(C(=O)NC1CCCCC1)N(Cc1ccc(Cl)c(Cl)c1)C(=O)CCCN(c1cccc(Cl)c1)S(C)(=O)=O. The number of nitrogens with one attached hydrogen (secondary N) is 1. The fourth-order valence-corrected chi connectivity index (χ4v) is 6.08. The van der Waals surface area contributed by atoms with Crippen molar-refractivity contribution in [3.8, 4) is 0 Å². The number of amides is 2. The Kier molecular flexibility index (Phi) is 11.2. The van der Waals surface area contributed by atoms with Gasteiger partial charge in [-0.05, 0) is 62.1 Å². The summed E-state index contributed by atoms with van der Waals surface area (Å²) in [6.45, 7) is 1.97. The first kappa shape index (κ1) is 30.5. The Balaban J connectivity index is 1.74. The summed E-state index contributed by atoms with van der Waals surface area (Å²) in [5.74, 6) is -0.469. The van der Waals surface area contributed by atoms with Crippen LogP contribution >= 0.6 is 34.8 Å². The lowest BCUT2D eigenvalue weighted by molar-refractivity contribution is -0.141. The fourth-order valence-electron chi connectivity index (χ4n) is 4.62. The van der Waals surface area contributed by atoms with Crippen molar-refractivity contribution in [1.82, 2.24) is 10.2 Å². The van der Waals surface area contributed by atoms with E-state index in [2.05, 4.69) is 5.32 Å². The number of halogens is 3. The number of hydrogen-bond donors (Lipinski definition) is 1. The zero-order chi connectivity index (χ0) is 27.9. The molecule has 7 nitrogen and oxygen atoms in total. The average Bonchev–Trinajstić information content (AvgIpc) is 2.86. The highest BCUT2D eigenvalue weighted by atomic mass is 35.5. The molecule has 3 rings (SSSR count). The molecule has 2 aromatic rings. The molecule has 2 amide bonds. The van der Waals surface area contributed by atoms with Gasteiger partial charge >= 0.3 is 0 Å². The van der Waals surface area contributed by atoms with Gasteiger partial charge in [-0.25, -0.2) is 8.42 Å². The van der Waals surface area contributed by atoms with Crippen LogP contribution < -0.4 is 9.62 Å². The van der Waals surface area contributed by atoms with Gasteiger partial charge in [0.25, 0.3) is 0 Å². The number of rotatable bonds is 11. The van der Waals surface area contributed by atoms with Crippen LogP contribution in [0.2, 0.25) is 15.1 Å². The van der Waals surface area contributed by atoms with Gasteiger partial charge < -0.3 is 10.2 Å². The molecule has 0 saturated heterocycles. The summed E-state index contributed by atoms with van der Waals surface area (Å²) in [6, 6.07) is 11.1. The highest BCUT2D eigenvalue weighted by Crippen LogP contribution is 2.25. The van der Waals surface area contributed by atoms with Crippen LogP contribution in [0.25, 0.3) is 0 Å². The van der Waals surface area contributed by atoms with Gasteiger partial charge in [-0.1, -0.05) is 66.2 Å². The maximum Gasteiger partial charge on any atom is 0.242 e. The van der Waals surface area contributed by atoms with E-state index in [4.69, 9.17) is 34.8 Å². The van der Waals surface area contributed by atoms with Gasteiger partial charge in [-0.2, -0.15) is 0 Å². The molecular formula is C27H34Cl3N3O4S. The monoisotopic (exact) mass is 601 g/mol. The normalized spacial score (nSPS) is 15.1. The third-order valence-electron chi connectivity index (χ3n) is 6.70. The lowest BCUT2D eigenvalue weighted by atomic mass is 9.95. The molecule has 38 heavy (non-hydrogen) atoms. The molecule has 0 heterocycles. The van der Waals surface area contributed by atoms with Crippen LogP contribution in [0.15, 0.2) is 42.5 Å². The summed E-state index contributed by atoms with van der Waals surface area (Å²) in [5.41, 5.74) is 1.17. The predicted octanol–water partition coefficient (Wildman–Crippen LogP) is 6.06. The molecule has 1 aliphatic rings. The smallest absolute Gasteiger partial charge is 0.242 e. The molecule has 2 aromatic carbocycles. The Labute approximate surface area is 240 Å². The van der Waals surface area contributed by atoms with E-state index in [0.717, 1.165) is 37.5 Å². The molecule has 0 spiro atoms. The Hall–Kier alpha value is -2.00. The maximum atomic E-state index is 13.5. The van der Waals surface area contributed by atoms with E-state index < -0.39 is 16.1 Å². The molecule has 1 N–H and O–H groups in total. The second kappa shape index (κ2) is 13.9. The van der Waals surface area contributed by atoms with Gasteiger partial charge in [0.05, 0.1) is 22.0 Å². The van der Waals surface area contributed by atoms with Crippen molar-refractivity contribution in [1.29, 1.82) is 0 Å². The number of nitrogens with zero attached hydrogens (tertiary/aromatic N) is 2. The molecule has 0 aromatic heterocycles. The predicted molar refractivity (Wildman–Crippen MR) is 154 cm³/mol. The van der Waals surface area contributed by atoms with E-state index in [1.165, 1.54) is 15.6 Å². The molecule has 1 atom stereocenters. The largest absolute Gasteiger partial charge is 0.352 e. The van der Waals surface area contributed by atoms with Crippen molar-refractivity contribution in [2.75, 3.05) is 17.1 Å². The lowest BCUT2D eigenvalue weighted by Gasteiger charge is -2.31. The summed E-state index contributed by atoms with van der Waals surface area (Å²) in [4.78, 5) is 28.1. The minimum absolute atomic E-state index is 0.0506. The van der Waals surface area contributed by atoms with Crippen LogP contribution in [0.5, 0.6) is 0 Å². The van der Waals surface area contributed by atoms with Crippen molar-refractivity contribution in [2.45, 2.75) is 70.5 Å². The summed E-state index contributed by atoms with van der Waals surface area (Å²) in [7, 11) is -3.60. The first-order chi connectivity index (χ1) is 18.0. The number of carbonyl (C=O) groups excluding carboxylic acids is 2. The highest BCUT2D eigenvalue weighted by molar-refractivity contribution is 7.92. The average molecular weight is 603 g/mol. The summed E-state index contributed by atoms with van der Waals surface area (Å²) >= 11 is 18.3. The van der Waals surface area contributed by atoms with E-state index in [9.17, 15) is 18.0 Å². The standard InChI is InChI=1S/C27H34Cl3N3O4S/c1-19(27(35)31-22-9-4-3-5-10-22)32(18-20-13-14-24(29)25(30)16-20)26(34)12-7-15-33(38(2,36)37)23-11-6-8-21(28)17-23/h6,8,11,13-14,16-17,19,22H,3-5,7,9-10,12,15,18H2,1-2H3,(H,31,35). The van der Waals surface area contributed by atoms with Crippen LogP contribution in [0.1, 0.15) is 57.4 Å². The van der Waals surface area contributed by atoms with Crippen molar-refractivity contribution in [3.05, 3.63) is 63.1 Å². The van der Waals surface area contributed by atoms with Crippen LogP contribution in [-0.4, -0.2) is 50.0 Å². The first-order valence-electron chi connectivity index (χ1n) is 12.7. The number of benzene rings is 2. The zero-order valence-electron chi connectivity index (χ0n) is 21.6. The van der Waals surface area contributed by atoms with E-state index in [0.29, 0.717) is 20.8 Å². The van der Waals surface area contributed by atoms with Crippen LogP contribution in [-0.2, 0) is 26.2 Å². The summed E-state index contributed by atoms with van der Waals surface area (Å²) in [6.07, 6.45) is 6.62. The van der Waals surface area contributed by atoms with Crippen molar-refractivity contribution < 1.29 is 18.0 Å². The van der Waals surface area contributed by atoms with E-state index in [1.54, 1.807) is 49.4 Å². The minimum atomic E-state index is -3.60. The number of sulfonamides is 1. The topological polar surface area (TPSA) is 86.8 Å². The quantitative estimate of drug-likeness (QED) is 0.339. The third kappa shape index (κ3) is 8.76. The number of anilines is 1. The maximum absolute atomic E-state index is 13.5. The van der Waals surface area contributed by atoms with Gasteiger partial charge in [0.15, 0.2) is 0 Å². The van der Waals surface area contributed by atoms with Gasteiger partial charge in [0, 0.05) is 30.6 Å². The highest BCUT2D eigenvalue weighted by Gasteiger charge is 2.28. The Morgan fingerprint density at radius 3 is 2.37 bits per heavy atom. The molecule has 1 saturated carbocycles. The zero-order valence-corrected chi connectivity index (χ0v) is 24.7.